The Kier molecular flexibility index (Phi) is 31.1. The number of ether oxygens (including phenoxy) is 1. The van der Waals surface area contributed by atoms with Gasteiger partial charge in [-0.15, -0.1) is 0 Å². The molecule has 0 rings (SSSR count). The van der Waals surface area contributed by atoms with E-state index >= 15 is 0 Å². The number of carbonyl (C=O) groups is 1. The molecule has 0 spiro atoms. The first-order valence-electron chi connectivity index (χ1n) is 4.84. The smallest absolute Gasteiger partial charge is 0.302 e. The van der Waals surface area contributed by atoms with E-state index in [1.807, 2.05) is 0 Å². The Hall–Kier alpha value is -0.338. The minimum Gasteiger partial charge on any atom is -0.462 e. The number of aliphatic hydroxyl groups is 2. The highest BCUT2D eigenvalue weighted by atomic mass is 27.0. The molecular weight excluding hydrogens is 223 g/mol. The number of hydrogen-bond acceptors (Lipinski definition) is 4. The number of aliphatic hydroxyl groups excluding tert-OH is 2. The quantitative estimate of drug-likeness (QED) is 0.421. The van der Waals surface area contributed by atoms with Crippen molar-refractivity contribution in [2.24, 2.45) is 0 Å². The van der Waals surface area contributed by atoms with Crippen LogP contribution in [0, 0.1) is 0 Å². The van der Waals surface area contributed by atoms with E-state index in [-0.39, 0.29) is 35.5 Å². The van der Waals surface area contributed by atoms with E-state index in [1.165, 1.54) is 13.0 Å². The van der Waals surface area contributed by atoms with Gasteiger partial charge in [0.25, 0.3) is 0 Å². The van der Waals surface area contributed by atoms with Gasteiger partial charge in [0.15, 0.2) is 17.4 Å². The Morgan fingerprint density at radius 2 is 1.50 bits per heavy atom. The maximum Gasteiger partial charge on any atom is 0.302 e. The summed E-state index contributed by atoms with van der Waals surface area (Å²) in [5, 5.41) is 16.1. The van der Waals surface area contributed by atoms with Crippen LogP contribution in [0.15, 0.2) is 12.7 Å². The van der Waals surface area contributed by atoms with Crippen molar-refractivity contribution in [3.8, 4) is 0 Å². The van der Waals surface area contributed by atoms with E-state index in [0.717, 1.165) is 0 Å². The van der Waals surface area contributed by atoms with E-state index in [0.29, 0.717) is 6.61 Å². The van der Waals surface area contributed by atoms with E-state index in [4.69, 9.17) is 10.2 Å². The zero-order chi connectivity index (χ0) is 12.9. The molecular formula is C11H27AlO4. The standard InChI is InChI=1S/C5H8O2.2C3H8O.Al.3H/c1-3-4-7-5(2)6;2*1-3(2)4;;;;/h3H,1,4H2,2H3;2*3-4H,1-2H3;;;;. The largest absolute Gasteiger partial charge is 0.462 e. The van der Waals surface area contributed by atoms with Crippen molar-refractivity contribution in [1.82, 2.24) is 0 Å². The fraction of sp³-hybridized carbons (Fsp3) is 0.727. The topological polar surface area (TPSA) is 66.8 Å². The highest BCUT2D eigenvalue weighted by Crippen LogP contribution is 1.73. The monoisotopic (exact) mass is 250 g/mol. The molecule has 0 radical (unpaired) electrons. The van der Waals surface area contributed by atoms with Gasteiger partial charge < -0.3 is 14.9 Å². The average Bonchev–Trinajstić information content (AvgIpc) is 1.98. The number of carbonyl (C=O) groups excluding carboxylic acids is 1. The summed E-state index contributed by atoms with van der Waals surface area (Å²) in [5.74, 6) is -0.264. The molecule has 0 saturated carbocycles. The van der Waals surface area contributed by atoms with Crippen molar-refractivity contribution in [3.05, 3.63) is 12.7 Å². The van der Waals surface area contributed by atoms with Gasteiger partial charge in [0.2, 0.25) is 0 Å². The van der Waals surface area contributed by atoms with Crippen LogP contribution in [-0.4, -0.2) is 52.4 Å². The van der Waals surface area contributed by atoms with Gasteiger partial charge in [-0.05, 0) is 27.7 Å². The van der Waals surface area contributed by atoms with Crippen molar-refractivity contribution in [2.75, 3.05) is 6.61 Å². The van der Waals surface area contributed by atoms with Gasteiger partial charge >= 0.3 is 5.97 Å². The summed E-state index contributed by atoms with van der Waals surface area (Å²) in [6.07, 6.45) is 1.20. The van der Waals surface area contributed by atoms with Gasteiger partial charge in [0, 0.05) is 19.1 Å². The SMILES string of the molecule is C=CCOC(C)=O.CC(C)O.CC(C)O.[AlH3]. The minimum absolute atomic E-state index is 0. The summed E-state index contributed by atoms with van der Waals surface area (Å²) in [6, 6.07) is 0. The van der Waals surface area contributed by atoms with E-state index in [1.54, 1.807) is 27.7 Å². The van der Waals surface area contributed by atoms with Gasteiger partial charge in [-0.3, -0.25) is 4.79 Å². The summed E-state index contributed by atoms with van der Waals surface area (Å²) in [5.41, 5.74) is 0. The van der Waals surface area contributed by atoms with Crippen molar-refractivity contribution >= 4 is 23.3 Å². The van der Waals surface area contributed by atoms with Crippen LogP contribution in [0.4, 0.5) is 0 Å². The molecule has 0 heterocycles. The van der Waals surface area contributed by atoms with Crippen LogP contribution in [-0.2, 0) is 9.53 Å². The maximum atomic E-state index is 9.93. The second-order valence-corrected chi connectivity index (χ2v) is 3.28. The molecule has 4 nitrogen and oxygen atoms in total. The molecule has 5 heteroatoms. The van der Waals surface area contributed by atoms with Gasteiger partial charge in [0.05, 0.1) is 0 Å². The van der Waals surface area contributed by atoms with Gasteiger partial charge in [0.1, 0.15) is 6.61 Å². The zero-order valence-corrected chi connectivity index (χ0v) is 10.4. The normalized spacial score (nSPS) is 7.81. The Bertz CT molecular complexity index is 135. The lowest BCUT2D eigenvalue weighted by Crippen LogP contribution is -1.96. The lowest BCUT2D eigenvalue weighted by Gasteiger charge is -1.90. The van der Waals surface area contributed by atoms with E-state index in [2.05, 4.69) is 11.3 Å². The molecule has 98 valence electrons. The molecule has 0 aliphatic carbocycles. The first-order valence-corrected chi connectivity index (χ1v) is 4.84. The predicted octanol–water partition coefficient (Wildman–Crippen LogP) is 0.326. The molecule has 0 fully saturated rings. The van der Waals surface area contributed by atoms with Crippen LogP contribution in [0.3, 0.4) is 0 Å². The zero-order valence-electron chi connectivity index (χ0n) is 10.4. The highest BCUT2D eigenvalue weighted by molar-refractivity contribution is 5.75. The molecule has 16 heavy (non-hydrogen) atoms. The molecule has 2 N–H and O–H groups in total. The molecule has 0 unspecified atom stereocenters. The average molecular weight is 250 g/mol. The Morgan fingerprint density at radius 1 is 1.25 bits per heavy atom. The first-order chi connectivity index (χ1) is 6.73. The Morgan fingerprint density at radius 3 is 1.56 bits per heavy atom. The van der Waals surface area contributed by atoms with Crippen LogP contribution < -0.4 is 0 Å². The Balaban J connectivity index is -0.0000000700. The molecule has 0 atom stereocenters. The van der Waals surface area contributed by atoms with Crippen molar-refractivity contribution in [2.45, 2.75) is 46.8 Å². The van der Waals surface area contributed by atoms with Gasteiger partial charge in [-0.25, -0.2) is 0 Å². The number of esters is 1. The van der Waals surface area contributed by atoms with Crippen LogP contribution in [0.1, 0.15) is 34.6 Å². The molecule has 0 aromatic rings. The van der Waals surface area contributed by atoms with Crippen LogP contribution >= 0.6 is 0 Å². The predicted molar refractivity (Wildman–Crippen MR) is 71.5 cm³/mol. The van der Waals surface area contributed by atoms with E-state index < -0.39 is 0 Å². The number of rotatable bonds is 2. The first kappa shape index (κ1) is 24.8. The molecule has 0 saturated heterocycles. The molecule has 0 aliphatic rings. The minimum atomic E-state index is -0.264. The van der Waals surface area contributed by atoms with Crippen LogP contribution in [0.5, 0.6) is 0 Å². The molecule has 0 aromatic carbocycles. The lowest BCUT2D eigenvalue weighted by molar-refractivity contribution is -0.139. The molecule has 0 aromatic heterocycles. The second-order valence-electron chi connectivity index (χ2n) is 3.28. The van der Waals surface area contributed by atoms with Crippen LogP contribution in [0.2, 0.25) is 0 Å². The third-order valence-corrected chi connectivity index (χ3v) is 0.404. The Labute approximate surface area is 109 Å². The summed E-state index contributed by atoms with van der Waals surface area (Å²) < 4.78 is 4.43. The summed E-state index contributed by atoms with van der Waals surface area (Å²) in [7, 11) is 0. The molecule has 0 amide bonds. The van der Waals surface area contributed by atoms with Crippen molar-refractivity contribution < 1.29 is 19.7 Å². The van der Waals surface area contributed by atoms with Crippen LogP contribution in [0.25, 0.3) is 0 Å². The van der Waals surface area contributed by atoms with Gasteiger partial charge in [-0.2, -0.15) is 0 Å². The molecule has 0 aliphatic heterocycles. The highest BCUT2D eigenvalue weighted by Gasteiger charge is 1.83. The van der Waals surface area contributed by atoms with Crippen molar-refractivity contribution in [3.63, 3.8) is 0 Å². The van der Waals surface area contributed by atoms with E-state index in [9.17, 15) is 4.79 Å². The van der Waals surface area contributed by atoms with Crippen molar-refractivity contribution in [1.29, 1.82) is 0 Å². The fourth-order valence-electron chi connectivity index (χ4n) is 0.176. The third-order valence-electron chi connectivity index (χ3n) is 0.404. The maximum absolute atomic E-state index is 9.93. The fourth-order valence-corrected chi connectivity index (χ4v) is 0.176. The number of hydrogen-bond donors (Lipinski definition) is 2. The summed E-state index contributed by atoms with van der Waals surface area (Å²) in [6.45, 7) is 11.9. The summed E-state index contributed by atoms with van der Waals surface area (Å²) in [4.78, 5) is 9.93. The lowest BCUT2D eigenvalue weighted by atomic mass is 10.5. The third kappa shape index (κ3) is 163. The summed E-state index contributed by atoms with van der Waals surface area (Å²) >= 11 is 0. The second kappa shape index (κ2) is 20.1. The molecule has 0 bridgehead atoms. The van der Waals surface area contributed by atoms with Gasteiger partial charge in [-0.1, -0.05) is 12.7 Å².